The molecule has 0 aliphatic carbocycles. The van der Waals surface area contributed by atoms with Gasteiger partial charge in [0.2, 0.25) is 5.91 Å². The van der Waals surface area contributed by atoms with Crippen LogP contribution in [0.15, 0.2) is 65.0 Å². The van der Waals surface area contributed by atoms with Crippen LogP contribution in [-0.4, -0.2) is 34.6 Å². The molecular weight excluding hydrogens is 512 g/mol. The average Bonchev–Trinajstić information content (AvgIpc) is 3.25. The number of thioether (sulfide) groups is 1. The first-order chi connectivity index (χ1) is 16.8. The molecular formula is C23H17ClN4O5S2. The van der Waals surface area contributed by atoms with Crippen molar-refractivity contribution in [1.82, 2.24) is 4.98 Å². The third-order valence-electron chi connectivity index (χ3n) is 4.75. The number of rotatable bonds is 8. The third kappa shape index (κ3) is 5.88. The number of hydrogen-bond acceptors (Lipinski definition) is 8. The van der Waals surface area contributed by atoms with Gasteiger partial charge in [-0.15, -0.1) is 11.3 Å². The lowest BCUT2D eigenvalue weighted by Crippen LogP contribution is -2.15. The molecule has 4 aromatic rings. The Morgan fingerprint density at radius 1 is 1.14 bits per heavy atom. The molecule has 3 aromatic carbocycles. The summed E-state index contributed by atoms with van der Waals surface area (Å²) in [6.07, 6.45) is 0. The predicted molar refractivity (Wildman–Crippen MR) is 138 cm³/mol. The summed E-state index contributed by atoms with van der Waals surface area (Å²) in [5.74, 6) is -0.395. The van der Waals surface area contributed by atoms with Crippen molar-refractivity contribution in [2.75, 3.05) is 23.5 Å². The molecule has 0 radical (unpaired) electrons. The Morgan fingerprint density at radius 2 is 1.94 bits per heavy atom. The van der Waals surface area contributed by atoms with E-state index in [9.17, 15) is 19.7 Å². The van der Waals surface area contributed by atoms with Gasteiger partial charge in [0, 0.05) is 5.69 Å². The molecule has 1 aromatic heterocycles. The highest BCUT2D eigenvalue weighted by molar-refractivity contribution is 8.01. The molecule has 1 heterocycles. The topological polar surface area (TPSA) is 123 Å². The molecule has 4 rings (SSSR count). The highest BCUT2D eigenvalue weighted by Gasteiger charge is 2.18. The lowest BCUT2D eigenvalue weighted by molar-refractivity contribution is -0.384. The normalized spacial score (nSPS) is 10.7. The monoisotopic (exact) mass is 528 g/mol. The number of halogens is 1. The number of benzene rings is 3. The molecule has 0 unspecified atom stereocenters. The van der Waals surface area contributed by atoms with Crippen molar-refractivity contribution >= 4 is 73.8 Å². The molecule has 35 heavy (non-hydrogen) atoms. The largest absolute Gasteiger partial charge is 0.496 e. The molecule has 0 aliphatic heterocycles. The van der Waals surface area contributed by atoms with Crippen LogP contribution < -0.4 is 15.4 Å². The Balaban J connectivity index is 1.40. The van der Waals surface area contributed by atoms with Crippen molar-refractivity contribution < 1.29 is 19.2 Å². The van der Waals surface area contributed by atoms with E-state index in [1.165, 1.54) is 48.4 Å². The standard InChI is InChI=1S/C23H17ClN4O5S2/c1-33-14-7-9-17(19(11-14)28(31)32)26-21(29)12-34-23-27-18-8-6-13(10-20(18)35-23)25-22(30)15-4-2-3-5-16(15)24/h2-11H,12H2,1H3,(H,25,30)(H,26,29). The second-order valence-corrected chi connectivity index (χ2v) is 9.73. The number of nitro groups is 1. The molecule has 12 heteroatoms. The minimum absolute atomic E-state index is 0.0130. The first-order valence-corrected chi connectivity index (χ1v) is 12.2. The van der Waals surface area contributed by atoms with Crippen molar-refractivity contribution in [1.29, 1.82) is 0 Å². The molecule has 178 valence electrons. The fourth-order valence-corrected chi connectivity index (χ4v) is 5.22. The van der Waals surface area contributed by atoms with Gasteiger partial charge in [0.15, 0.2) is 4.34 Å². The zero-order valence-electron chi connectivity index (χ0n) is 18.1. The smallest absolute Gasteiger partial charge is 0.296 e. The van der Waals surface area contributed by atoms with Crippen LogP contribution in [-0.2, 0) is 4.79 Å². The van der Waals surface area contributed by atoms with Gasteiger partial charge in [0.05, 0.1) is 44.7 Å². The summed E-state index contributed by atoms with van der Waals surface area (Å²) < 4.78 is 6.48. The molecule has 2 N–H and O–H groups in total. The predicted octanol–water partition coefficient (Wildman–Crippen LogP) is 5.85. The molecule has 0 saturated carbocycles. The van der Waals surface area contributed by atoms with Gasteiger partial charge in [0.25, 0.3) is 11.6 Å². The van der Waals surface area contributed by atoms with E-state index in [-0.39, 0.29) is 23.0 Å². The fraction of sp³-hybridized carbons (Fsp3) is 0.0870. The Labute approximate surface area is 212 Å². The molecule has 0 atom stereocenters. The molecule has 2 amide bonds. The lowest BCUT2D eigenvalue weighted by atomic mass is 10.2. The number of aromatic nitrogens is 1. The maximum Gasteiger partial charge on any atom is 0.296 e. The van der Waals surface area contributed by atoms with Gasteiger partial charge in [-0.25, -0.2) is 4.98 Å². The summed E-state index contributed by atoms with van der Waals surface area (Å²) in [6.45, 7) is 0. The highest BCUT2D eigenvalue weighted by Crippen LogP contribution is 2.33. The fourth-order valence-electron chi connectivity index (χ4n) is 3.10. The summed E-state index contributed by atoms with van der Waals surface area (Å²) in [5, 5.41) is 17.0. The Morgan fingerprint density at radius 3 is 2.69 bits per heavy atom. The molecule has 9 nitrogen and oxygen atoms in total. The first kappa shape index (κ1) is 24.5. The van der Waals surface area contributed by atoms with Crippen LogP contribution >= 0.6 is 34.7 Å². The van der Waals surface area contributed by atoms with Crippen LogP contribution in [0.1, 0.15) is 10.4 Å². The number of nitrogens with zero attached hydrogens (tertiary/aromatic N) is 2. The zero-order valence-corrected chi connectivity index (χ0v) is 20.5. The SMILES string of the molecule is COc1ccc(NC(=O)CSc2nc3ccc(NC(=O)c4ccccc4Cl)cc3s2)c([N+](=O)[O-])c1. The van der Waals surface area contributed by atoms with Crippen LogP contribution in [0.5, 0.6) is 5.75 Å². The van der Waals surface area contributed by atoms with E-state index >= 15 is 0 Å². The van der Waals surface area contributed by atoms with Gasteiger partial charge in [-0.05, 0) is 42.5 Å². The number of hydrogen-bond donors (Lipinski definition) is 2. The summed E-state index contributed by atoms with van der Waals surface area (Å²) in [5.41, 5.74) is 1.52. The number of thiazole rings is 1. The molecule has 0 spiro atoms. The van der Waals surface area contributed by atoms with Crippen LogP contribution in [0.25, 0.3) is 10.2 Å². The number of nitrogens with one attached hydrogen (secondary N) is 2. The van der Waals surface area contributed by atoms with Crippen LogP contribution in [0, 0.1) is 10.1 Å². The third-order valence-corrected chi connectivity index (χ3v) is 7.24. The number of ether oxygens (including phenoxy) is 1. The highest BCUT2D eigenvalue weighted by atomic mass is 35.5. The van der Waals surface area contributed by atoms with E-state index in [4.69, 9.17) is 16.3 Å². The van der Waals surface area contributed by atoms with Crippen molar-refractivity contribution in [3.8, 4) is 5.75 Å². The summed E-state index contributed by atoms with van der Waals surface area (Å²) >= 11 is 8.67. The number of anilines is 2. The Hall–Kier alpha value is -3.67. The maximum atomic E-state index is 12.5. The van der Waals surface area contributed by atoms with Crippen LogP contribution in [0.4, 0.5) is 17.1 Å². The lowest BCUT2D eigenvalue weighted by Gasteiger charge is -2.07. The second kappa shape index (κ2) is 10.7. The van der Waals surface area contributed by atoms with Crippen molar-refractivity contribution in [3.05, 3.63) is 81.4 Å². The second-order valence-electron chi connectivity index (χ2n) is 7.07. The maximum absolute atomic E-state index is 12.5. The number of methoxy groups -OCH3 is 1. The van der Waals surface area contributed by atoms with Gasteiger partial charge in [0.1, 0.15) is 11.4 Å². The van der Waals surface area contributed by atoms with Crippen molar-refractivity contribution in [3.63, 3.8) is 0 Å². The summed E-state index contributed by atoms with van der Waals surface area (Å²) in [7, 11) is 1.40. The number of carbonyl (C=O) groups excluding carboxylic acids is 2. The Bertz CT molecular complexity index is 1440. The van der Waals surface area contributed by atoms with Crippen molar-refractivity contribution in [2.24, 2.45) is 0 Å². The number of nitro benzene ring substituents is 1. The number of fused-ring (bicyclic) bond motifs is 1. The zero-order chi connectivity index (χ0) is 24.9. The van der Waals surface area contributed by atoms with Gasteiger partial charge in [-0.3, -0.25) is 19.7 Å². The van der Waals surface area contributed by atoms with E-state index < -0.39 is 10.8 Å². The summed E-state index contributed by atoms with van der Waals surface area (Å²) in [6, 6.07) is 16.3. The van der Waals surface area contributed by atoms with Crippen LogP contribution in [0.3, 0.4) is 0 Å². The Kier molecular flexibility index (Phi) is 7.49. The number of amides is 2. The van der Waals surface area contributed by atoms with E-state index in [2.05, 4.69) is 15.6 Å². The first-order valence-electron chi connectivity index (χ1n) is 10.1. The van der Waals surface area contributed by atoms with Gasteiger partial charge < -0.3 is 15.4 Å². The molecule has 0 bridgehead atoms. The van der Waals surface area contributed by atoms with E-state index in [0.29, 0.717) is 26.4 Å². The van der Waals surface area contributed by atoms with Gasteiger partial charge in [-0.2, -0.15) is 0 Å². The minimum atomic E-state index is -0.582. The van der Waals surface area contributed by atoms with Crippen LogP contribution in [0.2, 0.25) is 5.02 Å². The van der Waals surface area contributed by atoms with Gasteiger partial charge >= 0.3 is 0 Å². The van der Waals surface area contributed by atoms with E-state index in [1.54, 1.807) is 42.5 Å². The van der Waals surface area contributed by atoms with E-state index in [0.717, 1.165) is 10.2 Å². The van der Waals surface area contributed by atoms with Crippen molar-refractivity contribution in [2.45, 2.75) is 4.34 Å². The molecule has 0 saturated heterocycles. The average molecular weight is 529 g/mol. The minimum Gasteiger partial charge on any atom is -0.496 e. The van der Waals surface area contributed by atoms with Gasteiger partial charge in [-0.1, -0.05) is 35.5 Å². The molecule has 0 fully saturated rings. The quantitative estimate of drug-likeness (QED) is 0.167. The molecule has 0 aliphatic rings. The van der Waals surface area contributed by atoms with E-state index in [1.807, 2.05) is 0 Å². The summed E-state index contributed by atoms with van der Waals surface area (Å²) in [4.78, 5) is 40.1. The number of carbonyl (C=O) groups is 2.